The van der Waals surface area contributed by atoms with E-state index in [0.29, 0.717) is 29.4 Å². The minimum atomic E-state index is -1.47. The molecule has 4 fully saturated rings. The highest BCUT2D eigenvalue weighted by molar-refractivity contribution is 5.90. The zero-order chi connectivity index (χ0) is 33.2. The van der Waals surface area contributed by atoms with E-state index in [1.807, 2.05) is 4.90 Å². The Morgan fingerprint density at radius 2 is 1.92 bits per heavy atom. The van der Waals surface area contributed by atoms with Gasteiger partial charge in [-0.05, 0) is 42.8 Å². The van der Waals surface area contributed by atoms with E-state index >= 15 is 8.78 Å². The van der Waals surface area contributed by atoms with Crippen molar-refractivity contribution >= 4 is 29.1 Å². The number of alkyl halides is 1. The number of carbonyl (C=O) groups excluding carboxylic acids is 2. The van der Waals surface area contributed by atoms with E-state index in [1.165, 1.54) is 17.3 Å². The Balaban J connectivity index is 0.972. The maximum atomic E-state index is 15.2. The van der Waals surface area contributed by atoms with Crippen molar-refractivity contribution in [2.45, 2.75) is 43.6 Å². The summed E-state index contributed by atoms with van der Waals surface area (Å²) in [6.07, 6.45) is -0.0802. The van der Waals surface area contributed by atoms with Gasteiger partial charge in [0.05, 0.1) is 37.1 Å². The molecule has 15 heteroatoms. The molecule has 4 aliphatic heterocycles. The maximum absolute atomic E-state index is 15.2. The van der Waals surface area contributed by atoms with Gasteiger partial charge in [-0.25, -0.2) is 18.7 Å². The lowest BCUT2D eigenvalue weighted by atomic mass is 10.0. The summed E-state index contributed by atoms with van der Waals surface area (Å²) in [6.45, 7) is 4.86. The monoisotopic (exact) mass is 659 g/mol. The van der Waals surface area contributed by atoms with Crippen LogP contribution in [0.25, 0.3) is 11.4 Å². The normalized spacial score (nSPS) is 23.3. The zero-order valence-corrected chi connectivity index (χ0v) is 26.1. The van der Waals surface area contributed by atoms with Crippen molar-refractivity contribution in [1.82, 2.24) is 30.1 Å². The van der Waals surface area contributed by atoms with Gasteiger partial charge in [0, 0.05) is 56.8 Å². The van der Waals surface area contributed by atoms with Crippen molar-refractivity contribution in [1.29, 1.82) is 5.26 Å². The number of hydrogen-bond acceptors (Lipinski definition) is 11. The van der Waals surface area contributed by atoms with Gasteiger partial charge in [0.1, 0.15) is 36.1 Å². The van der Waals surface area contributed by atoms with Gasteiger partial charge in [-0.15, -0.1) is 0 Å². The Labute approximate surface area is 275 Å². The molecule has 0 spiro atoms. The third-order valence-corrected chi connectivity index (χ3v) is 9.29. The highest BCUT2D eigenvalue weighted by Crippen LogP contribution is 2.30. The van der Waals surface area contributed by atoms with E-state index < -0.39 is 18.3 Å². The predicted molar refractivity (Wildman–Crippen MR) is 170 cm³/mol. The van der Waals surface area contributed by atoms with Gasteiger partial charge in [-0.1, -0.05) is 0 Å². The molecular formula is C33H35F2N9O4. The number of nitriles is 1. The van der Waals surface area contributed by atoms with Crippen molar-refractivity contribution in [3.63, 3.8) is 0 Å². The van der Waals surface area contributed by atoms with Crippen LogP contribution in [0, 0.1) is 17.1 Å². The smallest absolute Gasteiger partial charge is 0.245 e. The molecule has 3 aromatic rings. The van der Waals surface area contributed by atoms with Crippen molar-refractivity contribution in [2.24, 2.45) is 0 Å². The number of anilines is 3. The van der Waals surface area contributed by atoms with Crippen LogP contribution in [-0.2, 0) is 14.3 Å². The summed E-state index contributed by atoms with van der Waals surface area (Å²) in [7, 11) is 0. The largest absolute Gasteiger partial charge is 0.486 e. The summed E-state index contributed by atoms with van der Waals surface area (Å²) in [5.41, 5.74) is 1.70. The lowest BCUT2D eigenvalue weighted by Crippen LogP contribution is -2.56. The second-order valence-corrected chi connectivity index (χ2v) is 12.4. The van der Waals surface area contributed by atoms with E-state index in [9.17, 15) is 14.9 Å². The summed E-state index contributed by atoms with van der Waals surface area (Å²) < 4.78 is 41.6. The fourth-order valence-corrected chi connectivity index (χ4v) is 6.49. The maximum Gasteiger partial charge on any atom is 0.245 e. The Kier molecular flexibility index (Phi) is 9.00. The number of hydrogen-bond donors (Lipinski definition) is 2. The number of ether oxygens (including phenoxy) is 2. The van der Waals surface area contributed by atoms with Crippen molar-refractivity contribution < 1.29 is 27.8 Å². The first-order valence-electron chi connectivity index (χ1n) is 16.1. The van der Waals surface area contributed by atoms with Gasteiger partial charge >= 0.3 is 0 Å². The highest BCUT2D eigenvalue weighted by atomic mass is 19.1. The average Bonchev–Trinajstić information content (AvgIpc) is 3.51. The molecule has 4 aliphatic rings. The number of piperazine rings is 1. The quantitative estimate of drug-likeness (QED) is 0.367. The number of nitrogens with one attached hydrogen (secondary N) is 2. The first kappa shape index (κ1) is 31.6. The molecular weight excluding hydrogens is 624 g/mol. The van der Waals surface area contributed by atoms with Crippen LogP contribution in [0.2, 0.25) is 0 Å². The molecule has 5 heterocycles. The Morgan fingerprint density at radius 3 is 2.60 bits per heavy atom. The Hall–Kier alpha value is -4.94. The summed E-state index contributed by atoms with van der Waals surface area (Å²) >= 11 is 0. The number of halogens is 2. The third-order valence-electron chi connectivity index (χ3n) is 9.29. The van der Waals surface area contributed by atoms with Crippen LogP contribution in [0.3, 0.4) is 0 Å². The molecule has 2 aromatic carbocycles. The van der Waals surface area contributed by atoms with E-state index in [0.717, 1.165) is 39.4 Å². The summed E-state index contributed by atoms with van der Waals surface area (Å²) in [5.74, 6) is -0.141. The first-order valence-corrected chi connectivity index (χ1v) is 16.1. The van der Waals surface area contributed by atoms with Crippen LogP contribution in [0.1, 0.15) is 24.8 Å². The summed E-state index contributed by atoms with van der Waals surface area (Å²) in [6, 6.07) is 11.7. The summed E-state index contributed by atoms with van der Waals surface area (Å²) in [4.78, 5) is 42.9. The molecule has 1 aromatic heterocycles. The molecule has 0 bridgehead atoms. The number of benzene rings is 2. The van der Waals surface area contributed by atoms with Crippen LogP contribution in [0.4, 0.5) is 26.1 Å². The molecule has 0 radical (unpaired) electrons. The summed E-state index contributed by atoms with van der Waals surface area (Å²) in [5, 5.41) is 15.5. The van der Waals surface area contributed by atoms with E-state index in [-0.39, 0.29) is 66.6 Å². The molecule has 0 unspecified atom stereocenters. The second kappa shape index (κ2) is 13.7. The Bertz CT molecular complexity index is 1730. The lowest BCUT2D eigenvalue weighted by molar-refractivity contribution is -0.138. The van der Waals surface area contributed by atoms with Gasteiger partial charge in [-0.2, -0.15) is 10.2 Å². The fraction of sp³-hybridized carbons (Fsp3) is 0.455. The molecule has 0 saturated carbocycles. The van der Waals surface area contributed by atoms with Gasteiger partial charge in [0.15, 0.2) is 12.0 Å². The number of piperidine rings is 1. The Morgan fingerprint density at radius 1 is 1.08 bits per heavy atom. The molecule has 48 heavy (non-hydrogen) atoms. The zero-order valence-electron chi connectivity index (χ0n) is 26.1. The third kappa shape index (κ3) is 6.71. The molecule has 2 amide bonds. The SMILES string of the molecule is N#Cc1cc(-c2ncnc(Nc3ccc(N4CCN(C5COC5)CC4)c(F)c3)n2)ccc1O[C@H]1CCN(C(=O)[C@@H]2CCC(=O)N2)C[C@H]1F. The van der Waals surface area contributed by atoms with Gasteiger partial charge in [0.25, 0.3) is 0 Å². The van der Waals surface area contributed by atoms with E-state index in [1.54, 1.807) is 30.3 Å². The van der Waals surface area contributed by atoms with Crippen LogP contribution in [0.15, 0.2) is 42.7 Å². The first-order chi connectivity index (χ1) is 23.3. The van der Waals surface area contributed by atoms with Crippen molar-refractivity contribution in [3.8, 4) is 23.2 Å². The van der Waals surface area contributed by atoms with Crippen molar-refractivity contribution in [3.05, 3.63) is 54.1 Å². The van der Waals surface area contributed by atoms with E-state index in [4.69, 9.17) is 9.47 Å². The number of aromatic nitrogens is 3. The average molecular weight is 660 g/mol. The van der Waals surface area contributed by atoms with Crippen molar-refractivity contribution in [2.75, 3.05) is 62.7 Å². The van der Waals surface area contributed by atoms with Crippen LogP contribution in [-0.4, -0.2) is 113 Å². The van der Waals surface area contributed by atoms with E-state index in [2.05, 4.69) is 36.6 Å². The molecule has 13 nitrogen and oxygen atoms in total. The van der Waals surface area contributed by atoms with Crippen LogP contribution >= 0.6 is 0 Å². The van der Waals surface area contributed by atoms with Gasteiger partial charge in [-0.3, -0.25) is 14.5 Å². The molecule has 250 valence electrons. The van der Waals surface area contributed by atoms with Gasteiger partial charge < -0.3 is 29.9 Å². The van der Waals surface area contributed by atoms with Gasteiger partial charge in [0.2, 0.25) is 17.8 Å². The fourth-order valence-electron chi connectivity index (χ4n) is 6.49. The molecule has 7 rings (SSSR count). The second-order valence-electron chi connectivity index (χ2n) is 12.4. The highest BCUT2D eigenvalue weighted by Gasteiger charge is 2.38. The number of likely N-dealkylation sites (tertiary alicyclic amines) is 1. The topological polar surface area (TPSA) is 149 Å². The standard InChI is InChI=1S/C33H35F2N9O4/c34-24-14-22(2-4-27(24)43-11-9-42(10-12-43)23-17-47-18-23)39-33-38-19-37-31(41-33)20-1-5-28(21(13-20)15-36)48-29-7-8-44(16-25(29)35)32(46)26-3-6-30(45)40-26/h1-2,4-5,13-14,19,23,25-26,29H,3,6-12,16-18H2,(H,40,45)(H,37,38,39,41)/t25-,26+,29+/m1/s1. The predicted octanol–water partition coefficient (Wildman–Crippen LogP) is 2.41. The molecule has 4 saturated heterocycles. The number of nitrogens with zero attached hydrogens (tertiary/aromatic N) is 7. The molecule has 3 atom stereocenters. The minimum Gasteiger partial charge on any atom is -0.486 e. The number of carbonyl (C=O) groups is 2. The van der Waals surface area contributed by atoms with Crippen LogP contribution in [0.5, 0.6) is 5.75 Å². The minimum absolute atomic E-state index is 0.156. The lowest BCUT2D eigenvalue weighted by Gasteiger charge is -2.43. The number of rotatable bonds is 8. The van der Waals surface area contributed by atoms with Crippen LogP contribution < -0.4 is 20.3 Å². The molecule has 2 N–H and O–H groups in total. The molecule has 0 aliphatic carbocycles. The number of amides is 2.